The molecule has 0 aromatic carbocycles. The molecule has 3 unspecified atom stereocenters. The molecule has 1 aliphatic rings. The van der Waals surface area contributed by atoms with Crippen LogP contribution in [0.2, 0.25) is 0 Å². The summed E-state index contributed by atoms with van der Waals surface area (Å²) in [5.41, 5.74) is 6.54. The molecule has 16 heavy (non-hydrogen) atoms. The van der Waals surface area contributed by atoms with E-state index in [0.29, 0.717) is 12.3 Å². The van der Waals surface area contributed by atoms with Gasteiger partial charge in [-0.1, -0.05) is 0 Å². The standard InChI is InChI=1S/C12H21N3O/c1-12(16)7-9(3-4-10(13)8-12)11-5-6-14-15(11)2/h5-6,9-10,16H,3-4,7-8,13H2,1-2H3. The lowest BCUT2D eigenvalue weighted by Gasteiger charge is -2.26. The molecule has 4 heteroatoms. The third-order valence-corrected chi connectivity index (χ3v) is 3.55. The van der Waals surface area contributed by atoms with E-state index in [1.807, 2.05) is 30.9 Å². The van der Waals surface area contributed by atoms with Crippen molar-refractivity contribution < 1.29 is 5.11 Å². The predicted molar refractivity (Wildman–Crippen MR) is 63.0 cm³/mol. The van der Waals surface area contributed by atoms with Crippen molar-refractivity contribution in [1.82, 2.24) is 9.78 Å². The second-order valence-electron chi connectivity index (χ2n) is 5.32. The number of aryl methyl sites for hydroxylation is 1. The summed E-state index contributed by atoms with van der Waals surface area (Å²) in [5.74, 6) is 0.371. The molecular weight excluding hydrogens is 202 g/mol. The van der Waals surface area contributed by atoms with Crippen LogP contribution in [-0.2, 0) is 7.05 Å². The Morgan fingerprint density at radius 3 is 2.88 bits per heavy atom. The summed E-state index contributed by atoms with van der Waals surface area (Å²) in [6.07, 6.45) is 5.30. The van der Waals surface area contributed by atoms with Crippen molar-refractivity contribution in [2.45, 2.75) is 50.2 Å². The van der Waals surface area contributed by atoms with Crippen LogP contribution in [0.15, 0.2) is 12.3 Å². The van der Waals surface area contributed by atoms with Crippen molar-refractivity contribution in [2.24, 2.45) is 12.8 Å². The second-order valence-corrected chi connectivity index (χ2v) is 5.32. The van der Waals surface area contributed by atoms with Gasteiger partial charge in [-0.05, 0) is 38.7 Å². The number of aromatic nitrogens is 2. The third-order valence-electron chi connectivity index (χ3n) is 3.55. The zero-order valence-corrected chi connectivity index (χ0v) is 10.1. The fourth-order valence-corrected chi connectivity index (χ4v) is 2.84. The van der Waals surface area contributed by atoms with E-state index >= 15 is 0 Å². The van der Waals surface area contributed by atoms with Crippen molar-refractivity contribution in [2.75, 3.05) is 0 Å². The minimum Gasteiger partial charge on any atom is -0.390 e. The molecule has 1 aliphatic carbocycles. The van der Waals surface area contributed by atoms with E-state index in [1.54, 1.807) is 0 Å². The molecule has 0 radical (unpaired) electrons. The maximum atomic E-state index is 10.3. The average molecular weight is 223 g/mol. The molecule has 4 nitrogen and oxygen atoms in total. The molecule has 1 fully saturated rings. The van der Waals surface area contributed by atoms with Crippen molar-refractivity contribution >= 4 is 0 Å². The first-order valence-corrected chi connectivity index (χ1v) is 5.94. The van der Waals surface area contributed by atoms with Gasteiger partial charge in [0, 0.05) is 30.9 Å². The molecule has 0 aliphatic heterocycles. The van der Waals surface area contributed by atoms with E-state index < -0.39 is 5.60 Å². The number of hydrogen-bond donors (Lipinski definition) is 2. The largest absolute Gasteiger partial charge is 0.390 e. The van der Waals surface area contributed by atoms with Gasteiger partial charge in [0.05, 0.1) is 5.60 Å². The molecule has 1 aromatic heterocycles. The number of nitrogens with two attached hydrogens (primary N) is 1. The lowest BCUT2D eigenvalue weighted by atomic mass is 9.88. The molecule has 0 spiro atoms. The van der Waals surface area contributed by atoms with Crippen LogP contribution in [0.5, 0.6) is 0 Å². The molecule has 1 aromatic rings. The van der Waals surface area contributed by atoms with Gasteiger partial charge >= 0.3 is 0 Å². The van der Waals surface area contributed by atoms with Gasteiger partial charge in [0.2, 0.25) is 0 Å². The highest BCUT2D eigenvalue weighted by Gasteiger charge is 2.33. The van der Waals surface area contributed by atoms with Crippen molar-refractivity contribution in [1.29, 1.82) is 0 Å². The van der Waals surface area contributed by atoms with Crippen LogP contribution in [0.25, 0.3) is 0 Å². The Balaban J connectivity index is 2.20. The Hall–Kier alpha value is -0.870. The summed E-state index contributed by atoms with van der Waals surface area (Å²) in [6.45, 7) is 1.89. The Labute approximate surface area is 96.5 Å². The third kappa shape index (κ3) is 2.44. The molecule has 1 saturated carbocycles. The van der Waals surface area contributed by atoms with Crippen molar-refractivity contribution in [3.05, 3.63) is 18.0 Å². The van der Waals surface area contributed by atoms with Crippen LogP contribution in [-0.4, -0.2) is 26.5 Å². The minimum absolute atomic E-state index is 0.119. The zero-order chi connectivity index (χ0) is 11.8. The monoisotopic (exact) mass is 223 g/mol. The predicted octanol–water partition coefficient (Wildman–Crippen LogP) is 1.16. The minimum atomic E-state index is -0.648. The van der Waals surface area contributed by atoms with E-state index in [2.05, 4.69) is 5.10 Å². The van der Waals surface area contributed by atoms with E-state index in [4.69, 9.17) is 5.73 Å². The van der Waals surface area contributed by atoms with Gasteiger partial charge in [-0.25, -0.2) is 0 Å². The Bertz CT molecular complexity index is 359. The summed E-state index contributed by atoms with van der Waals surface area (Å²) in [6, 6.07) is 2.16. The summed E-state index contributed by atoms with van der Waals surface area (Å²) in [4.78, 5) is 0. The first-order valence-electron chi connectivity index (χ1n) is 5.94. The van der Waals surface area contributed by atoms with Gasteiger partial charge in [-0.2, -0.15) is 5.10 Å². The molecular formula is C12H21N3O. The molecule has 0 saturated heterocycles. The number of rotatable bonds is 1. The van der Waals surface area contributed by atoms with Gasteiger partial charge in [0.15, 0.2) is 0 Å². The number of aliphatic hydroxyl groups is 1. The smallest absolute Gasteiger partial charge is 0.0640 e. The Morgan fingerprint density at radius 1 is 1.50 bits per heavy atom. The maximum absolute atomic E-state index is 10.3. The molecule has 90 valence electrons. The fraction of sp³-hybridized carbons (Fsp3) is 0.750. The maximum Gasteiger partial charge on any atom is 0.0640 e. The molecule has 0 amide bonds. The molecule has 0 bridgehead atoms. The summed E-state index contributed by atoms with van der Waals surface area (Å²) < 4.78 is 1.90. The first kappa shape index (κ1) is 11.6. The summed E-state index contributed by atoms with van der Waals surface area (Å²) >= 11 is 0. The van der Waals surface area contributed by atoms with Gasteiger partial charge < -0.3 is 10.8 Å². The SMILES string of the molecule is Cn1nccc1C1CCC(N)CC(C)(O)C1. The van der Waals surface area contributed by atoms with Crippen LogP contribution in [0.1, 0.15) is 44.2 Å². The highest BCUT2D eigenvalue weighted by Crippen LogP contribution is 2.36. The van der Waals surface area contributed by atoms with Gasteiger partial charge in [-0.3, -0.25) is 4.68 Å². The van der Waals surface area contributed by atoms with Crippen LogP contribution >= 0.6 is 0 Å². The average Bonchev–Trinajstić information content (AvgIpc) is 2.52. The highest BCUT2D eigenvalue weighted by molar-refractivity contribution is 5.10. The van der Waals surface area contributed by atoms with Crippen LogP contribution in [0, 0.1) is 0 Å². The van der Waals surface area contributed by atoms with Gasteiger partial charge in [-0.15, -0.1) is 0 Å². The van der Waals surface area contributed by atoms with E-state index in [0.717, 1.165) is 19.3 Å². The van der Waals surface area contributed by atoms with E-state index in [1.165, 1.54) is 5.69 Å². The topological polar surface area (TPSA) is 64.1 Å². The normalized spacial score (nSPS) is 36.0. The number of nitrogens with zero attached hydrogens (tertiary/aromatic N) is 2. The summed E-state index contributed by atoms with van der Waals surface area (Å²) in [5, 5.41) is 14.5. The molecule has 1 heterocycles. The second kappa shape index (κ2) is 4.18. The van der Waals surface area contributed by atoms with Crippen LogP contribution in [0.3, 0.4) is 0 Å². The highest BCUT2D eigenvalue weighted by atomic mass is 16.3. The molecule has 2 rings (SSSR count). The molecule has 3 N–H and O–H groups in total. The van der Waals surface area contributed by atoms with Gasteiger partial charge in [0.1, 0.15) is 0 Å². The van der Waals surface area contributed by atoms with Crippen molar-refractivity contribution in [3.63, 3.8) is 0 Å². The number of hydrogen-bond acceptors (Lipinski definition) is 3. The molecule has 3 atom stereocenters. The fourth-order valence-electron chi connectivity index (χ4n) is 2.84. The Kier molecular flexibility index (Phi) is 3.04. The quantitative estimate of drug-likeness (QED) is 0.702. The van der Waals surface area contributed by atoms with Crippen molar-refractivity contribution in [3.8, 4) is 0 Å². The van der Waals surface area contributed by atoms with E-state index in [-0.39, 0.29) is 6.04 Å². The van der Waals surface area contributed by atoms with Crippen LogP contribution in [0.4, 0.5) is 0 Å². The van der Waals surface area contributed by atoms with Crippen LogP contribution < -0.4 is 5.73 Å². The zero-order valence-electron chi connectivity index (χ0n) is 10.1. The van der Waals surface area contributed by atoms with E-state index in [9.17, 15) is 5.11 Å². The summed E-state index contributed by atoms with van der Waals surface area (Å²) in [7, 11) is 1.95. The lowest BCUT2D eigenvalue weighted by molar-refractivity contribution is 0.0356. The Morgan fingerprint density at radius 2 is 2.25 bits per heavy atom. The van der Waals surface area contributed by atoms with Gasteiger partial charge in [0.25, 0.3) is 0 Å². The first-order chi connectivity index (χ1) is 7.48. The lowest BCUT2D eigenvalue weighted by Crippen LogP contribution is -2.32.